The summed E-state index contributed by atoms with van der Waals surface area (Å²) in [6, 6.07) is 11.7. The zero-order valence-electron chi connectivity index (χ0n) is 16.6. The number of aliphatic imine (C=N–C) groups is 1. The van der Waals surface area contributed by atoms with Crippen LogP contribution >= 0.6 is 35.6 Å². The van der Waals surface area contributed by atoms with Crippen molar-refractivity contribution in [1.29, 1.82) is 0 Å². The van der Waals surface area contributed by atoms with Crippen LogP contribution in [0.3, 0.4) is 0 Å². The second kappa shape index (κ2) is 13.8. The van der Waals surface area contributed by atoms with Crippen molar-refractivity contribution < 1.29 is 9.15 Å². The molecule has 2 aromatic rings. The molecule has 3 rings (SSSR count). The highest BCUT2D eigenvalue weighted by Gasteiger charge is 2.09. The Kier molecular flexibility index (Phi) is 11.5. The average molecular weight is 533 g/mol. The van der Waals surface area contributed by atoms with E-state index in [9.17, 15) is 0 Å². The lowest BCUT2D eigenvalue weighted by atomic mass is 10.2. The second-order valence-electron chi connectivity index (χ2n) is 6.79. The molecule has 2 heterocycles. The molecule has 0 atom stereocenters. The molecule has 1 aromatic carbocycles. The number of hydrogen-bond donors (Lipinski definition) is 2. The molecule has 0 radical (unpaired) electrons. The van der Waals surface area contributed by atoms with Gasteiger partial charge in [-0.2, -0.15) is 0 Å². The van der Waals surface area contributed by atoms with Gasteiger partial charge in [-0.3, -0.25) is 4.90 Å². The third-order valence-corrected chi connectivity index (χ3v) is 4.84. The van der Waals surface area contributed by atoms with Crippen LogP contribution in [0.4, 0.5) is 0 Å². The number of benzene rings is 1. The van der Waals surface area contributed by atoms with Gasteiger partial charge in [-0.25, -0.2) is 4.99 Å². The van der Waals surface area contributed by atoms with E-state index in [0.29, 0.717) is 6.54 Å². The summed E-state index contributed by atoms with van der Waals surface area (Å²) in [7, 11) is 0. The van der Waals surface area contributed by atoms with Crippen LogP contribution < -0.4 is 10.6 Å². The van der Waals surface area contributed by atoms with Crippen molar-refractivity contribution in [2.75, 3.05) is 45.9 Å². The lowest BCUT2D eigenvalue weighted by molar-refractivity contribution is 0.0376. The number of furan rings is 1. The third kappa shape index (κ3) is 9.37. The van der Waals surface area contributed by atoms with Crippen LogP contribution in [0.1, 0.15) is 17.7 Å². The van der Waals surface area contributed by atoms with E-state index in [4.69, 9.17) is 25.7 Å². The van der Waals surface area contributed by atoms with E-state index in [2.05, 4.69) is 15.5 Å². The quantitative estimate of drug-likeness (QED) is 0.224. The Hall–Kier alpha value is -1.29. The fourth-order valence-corrected chi connectivity index (χ4v) is 3.29. The van der Waals surface area contributed by atoms with Crippen molar-refractivity contribution in [3.63, 3.8) is 0 Å². The van der Waals surface area contributed by atoms with E-state index in [1.54, 1.807) is 6.26 Å². The molecule has 8 heteroatoms. The molecule has 6 nitrogen and oxygen atoms in total. The standard InChI is InChI=1S/C21H29ClN4O2.HI/c22-19-5-1-4-18(16-19)17-25-21(24-9-7-20-6-2-13-28-20)23-8-3-10-26-11-14-27-15-12-26;/h1-2,4-6,13,16H,3,7-12,14-15,17H2,(H2,23,24,25);1H. The van der Waals surface area contributed by atoms with Crippen LogP contribution in [-0.4, -0.2) is 56.8 Å². The van der Waals surface area contributed by atoms with E-state index >= 15 is 0 Å². The van der Waals surface area contributed by atoms with Crippen molar-refractivity contribution in [2.45, 2.75) is 19.4 Å². The average Bonchev–Trinajstić information content (AvgIpc) is 3.23. The minimum atomic E-state index is 0. The fraction of sp³-hybridized carbons (Fsp3) is 0.476. The summed E-state index contributed by atoms with van der Waals surface area (Å²) in [5, 5.41) is 7.57. The first-order valence-corrected chi connectivity index (χ1v) is 10.3. The minimum absolute atomic E-state index is 0. The maximum absolute atomic E-state index is 6.07. The van der Waals surface area contributed by atoms with Crippen molar-refractivity contribution >= 4 is 41.5 Å². The topological polar surface area (TPSA) is 62.0 Å². The third-order valence-electron chi connectivity index (χ3n) is 4.60. The Morgan fingerprint density at radius 3 is 2.69 bits per heavy atom. The number of halogens is 2. The monoisotopic (exact) mass is 532 g/mol. The van der Waals surface area contributed by atoms with E-state index in [-0.39, 0.29) is 24.0 Å². The SMILES string of the molecule is Clc1cccc(CN=C(NCCCN2CCOCC2)NCCc2ccco2)c1.I. The summed E-state index contributed by atoms with van der Waals surface area (Å²) < 4.78 is 10.8. The Balaban J connectivity index is 0.00000300. The molecule has 1 fully saturated rings. The van der Waals surface area contributed by atoms with Crippen LogP contribution in [0.15, 0.2) is 52.1 Å². The number of nitrogens with zero attached hydrogens (tertiary/aromatic N) is 2. The van der Waals surface area contributed by atoms with E-state index in [1.165, 1.54) is 0 Å². The molecule has 1 saturated heterocycles. The molecule has 1 aliphatic heterocycles. The summed E-state index contributed by atoms with van der Waals surface area (Å²) in [5.41, 5.74) is 1.09. The molecule has 1 aliphatic rings. The van der Waals surface area contributed by atoms with E-state index in [1.807, 2.05) is 36.4 Å². The molecule has 0 saturated carbocycles. The van der Waals surface area contributed by atoms with Crippen molar-refractivity contribution in [1.82, 2.24) is 15.5 Å². The summed E-state index contributed by atoms with van der Waals surface area (Å²) in [4.78, 5) is 7.15. The zero-order chi connectivity index (χ0) is 19.4. The molecule has 0 unspecified atom stereocenters. The molecule has 1 aromatic heterocycles. The van der Waals surface area contributed by atoms with Crippen molar-refractivity contribution in [3.8, 4) is 0 Å². The second-order valence-corrected chi connectivity index (χ2v) is 7.22. The van der Waals surface area contributed by atoms with Crippen LogP contribution in [0.5, 0.6) is 0 Å². The first kappa shape index (κ1) is 24.0. The Morgan fingerprint density at radius 1 is 1.10 bits per heavy atom. The zero-order valence-corrected chi connectivity index (χ0v) is 19.7. The van der Waals surface area contributed by atoms with Crippen molar-refractivity contribution in [3.05, 3.63) is 59.0 Å². The van der Waals surface area contributed by atoms with Gasteiger partial charge < -0.3 is 19.8 Å². The van der Waals surface area contributed by atoms with Gasteiger partial charge in [-0.05, 0) is 42.8 Å². The highest BCUT2D eigenvalue weighted by Crippen LogP contribution is 2.11. The van der Waals surface area contributed by atoms with Gasteiger partial charge in [0.05, 0.1) is 26.0 Å². The van der Waals surface area contributed by atoms with Crippen LogP contribution in [-0.2, 0) is 17.7 Å². The smallest absolute Gasteiger partial charge is 0.191 e. The molecule has 0 bridgehead atoms. The molecule has 2 N–H and O–H groups in total. The highest BCUT2D eigenvalue weighted by molar-refractivity contribution is 14.0. The molecular formula is C21H30ClIN4O2. The van der Waals surface area contributed by atoms with Crippen LogP contribution in [0.2, 0.25) is 5.02 Å². The molecule has 29 heavy (non-hydrogen) atoms. The maximum atomic E-state index is 6.07. The number of nitrogens with one attached hydrogen (secondary N) is 2. The first-order chi connectivity index (χ1) is 13.8. The number of morpholine rings is 1. The fourth-order valence-electron chi connectivity index (χ4n) is 3.07. The van der Waals surface area contributed by atoms with Crippen LogP contribution in [0, 0.1) is 0 Å². The normalized spacial score (nSPS) is 15.0. The number of ether oxygens (including phenoxy) is 1. The molecule has 160 valence electrons. The van der Waals surface area contributed by atoms with Gasteiger partial charge in [-0.1, -0.05) is 23.7 Å². The number of guanidine groups is 1. The van der Waals surface area contributed by atoms with Gasteiger partial charge in [0.2, 0.25) is 0 Å². The number of rotatable bonds is 9. The van der Waals surface area contributed by atoms with Gasteiger partial charge in [-0.15, -0.1) is 24.0 Å². The van der Waals surface area contributed by atoms with E-state index < -0.39 is 0 Å². The lowest BCUT2D eigenvalue weighted by Crippen LogP contribution is -2.41. The molecule has 0 amide bonds. The molecule has 0 spiro atoms. The lowest BCUT2D eigenvalue weighted by Gasteiger charge is -2.26. The summed E-state index contributed by atoms with van der Waals surface area (Å²) in [6.07, 6.45) is 3.59. The van der Waals surface area contributed by atoms with Gasteiger partial charge in [0, 0.05) is 37.6 Å². The summed E-state index contributed by atoms with van der Waals surface area (Å²) in [5.74, 6) is 1.78. The highest BCUT2D eigenvalue weighted by atomic mass is 127. The first-order valence-electron chi connectivity index (χ1n) is 9.89. The van der Waals surface area contributed by atoms with Crippen LogP contribution in [0.25, 0.3) is 0 Å². The van der Waals surface area contributed by atoms with Gasteiger partial charge >= 0.3 is 0 Å². The van der Waals surface area contributed by atoms with E-state index in [0.717, 1.165) is 81.1 Å². The maximum Gasteiger partial charge on any atom is 0.191 e. The molecular weight excluding hydrogens is 503 g/mol. The Labute approximate surface area is 195 Å². The predicted molar refractivity (Wildman–Crippen MR) is 128 cm³/mol. The number of hydrogen-bond acceptors (Lipinski definition) is 4. The predicted octanol–water partition coefficient (Wildman–Crippen LogP) is 3.55. The Morgan fingerprint density at radius 2 is 1.93 bits per heavy atom. The summed E-state index contributed by atoms with van der Waals surface area (Å²) >= 11 is 6.07. The van der Waals surface area contributed by atoms with Gasteiger partial charge in [0.15, 0.2) is 5.96 Å². The largest absolute Gasteiger partial charge is 0.469 e. The summed E-state index contributed by atoms with van der Waals surface area (Å²) in [6.45, 7) is 7.03. The van der Waals surface area contributed by atoms with Crippen molar-refractivity contribution in [2.24, 2.45) is 4.99 Å². The Bertz CT molecular complexity index is 721. The molecule has 0 aliphatic carbocycles. The van der Waals surface area contributed by atoms with Gasteiger partial charge in [0.25, 0.3) is 0 Å². The minimum Gasteiger partial charge on any atom is -0.469 e. The van der Waals surface area contributed by atoms with Gasteiger partial charge in [0.1, 0.15) is 5.76 Å².